The fourth-order valence-electron chi connectivity index (χ4n) is 3.89. The van der Waals surface area contributed by atoms with Crippen molar-refractivity contribution in [1.29, 1.82) is 0 Å². The summed E-state index contributed by atoms with van der Waals surface area (Å²) in [4.78, 5) is 24.6. The van der Waals surface area contributed by atoms with Crippen LogP contribution in [0.3, 0.4) is 0 Å². The highest BCUT2D eigenvalue weighted by atomic mass is 16.6. The van der Waals surface area contributed by atoms with Gasteiger partial charge in [-0.1, -0.05) is 24.3 Å². The Morgan fingerprint density at radius 2 is 0.791 bits per heavy atom. The van der Waals surface area contributed by atoms with Gasteiger partial charge in [0.15, 0.2) is 13.2 Å². The van der Waals surface area contributed by atoms with E-state index in [1.54, 1.807) is 48.5 Å². The molecule has 2 amide bonds. The number of rotatable bonds is 0. The smallest absolute Gasteiger partial charge is 0.258 e. The second-order valence-electron chi connectivity index (χ2n) is 9.43. The first kappa shape index (κ1) is 31.6. The van der Waals surface area contributed by atoms with E-state index in [0.29, 0.717) is 88.9 Å². The normalized spacial score (nSPS) is 17.1. The predicted octanol–water partition coefficient (Wildman–Crippen LogP) is 2.90. The van der Waals surface area contributed by atoms with E-state index < -0.39 is 0 Å². The summed E-state index contributed by atoms with van der Waals surface area (Å²) < 4.78 is 39.1. The van der Waals surface area contributed by atoms with Crippen LogP contribution in [0.15, 0.2) is 72.8 Å². The van der Waals surface area contributed by atoms with Gasteiger partial charge in [0, 0.05) is 13.1 Å². The molecule has 4 aliphatic heterocycles. The van der Waals surface area contributed by atoms with Gasteiger partial charge in [-0.3, -0.25) is 9.59 Å². The minimum absolute atomic E-state index is 0.117. The van der Waals surface area contributed by atoms with E-state index in [2.05, 4.69) is 10.6 Å². The molecule has 0 radical (unpaired) electrons. The Kier molecular flexibility index (Phi) is 13.4. The molecule has 4 heterocycles. The van der Waals surface area contributed by atoms with Gasteiger partial charge in [0.05, 0.1) is 39.6 Å². The fraction of sp³-hybridized carbons (Fsp3) is 0.375. The molecule has 0 atom stereocenters. The molecule has 2 N–H and O–H groups in total. The second kappa shape index (κ2) is 18.3. The summed E-state index contributed by atoms with van der Waals surface area (Å²) in [6, 6.07) is 21.7. The molecule has 6 bridgehead atoms. The van der Waals surface area contributed by atoms with Crippen LogP contribution in [0.2, 0.25) is 0 Å². The molecule has 230 valence electrons. The lowest BCUT2D eigenvalue weighted by molar-refractivity contribution is -0.124. The maximum absolute atomic E-state index is 12.3. The van der Waals surface area contributed by atoms with E-state index in [9.17, 15) is 9.59 Å². The Hall–Kier alpha value is -4.32. The van der Waals surface area contributed by atoms with E-state index >= 15 is 0 Å². The second-order valence-corrected chi connectivity index (χ2v) is 9.43. The Morgan fingerprint density at radius 1 is 0.442 bits per heavy atom. The molecule has 3 aromatic rings. The Bertz CT molecular complexity index is 1160. The summed E-state index contributed by atoms with van der Waals surface area (Å²) in [5.41, 5.74) is 1.81. The molecule has 7 rings (SSSR count). The van der Waals surface area contributed by atoms with Crippen LogP contribution in [0, 0.1) is 0 Å². The van der Waals surface area contributed by atoms with Crippen molar-refractivity contribution in [3.05, 3.63) is 83.9 Å². The van der Waals surface area contributed by atoms with Crippen molar-refractivity contribution >= 4 is 11.8 Å². The van der Waals surface area contributed by atoms with Crippen LogP contribution in [0.4, 0.5) is 0 Å². The fourth-order valence-corrected chi connectivity index (χ4v) is 3.89. The van der Waals surface area contributed by atoms with Gasteiger partial charge < -0.3 is 43.8 Å². The van der Waals surface area contributed by atoms with Crippen molar-refractivity contribution in [2.75, 3.05) is 66.1 Å². The van der Waals surface area contributed by atoms with Crippen LogP contribution in [-0.4, -0.2) is 77.9 Å². The average Bonchev–Trinajstić information content (AvgIpc) is 3.04. The molecule has 0 saturated heterocycles. The molecule has 4 aliphatic rings. The topological polar surface area (TPSA) is 123 Å². The van der Waals surface area contributed by atoms with E-state index in [-0.39, 0.29) is 25.0 Å². The maximum Gasteiger partial charge on any atom is 0.258 e. The zero-order chi connectivity index (χ0) is 30.0. The number of ether oxygens (including phenoxy) is 7. The van der Waals surface area contributed by atoms with Gasteiger partial charge in [0.25, 0.3) is 11.8 Å². The van der Waals surface area contributed by atoms with Crippen molar-refractivity contribution in [3.8, 4) is 23.0 Å². The lowest BCUT2D eigenvalue weighted by Crippen LogP contribution is -2.29. The molecule has 0 fully saturated rings. The molecule has 11 nitrogen and oxygen atoms in total. The lowest BCUT2D eigenvalue weighted by Gasteiger charge is -2.11. The molecular formula is C32H38N2O9. The number of carbonyl (C=O) groups excluding carboxylic acids is 2. The Morgan fingerprint density at radius 3 is 1.19 bits per heavy atom. The van der Waals surface area contributed by atoms with Crippen LogP contribution >= 0.6 is 0 Å². The van der Waals surface area contributed by atoms with Gasteiger partial charge >= 0.3 is 0 Å². The van der Waals surface area contributed by atoms with Gasteiger partial charge in [0.2, 0.25) is 0 Å². The summed E-state index contributed by atoms with van der Waals surface area (Å²) in [5, 5.41) is 5.70. The minimum Gasteiger partial charge on any atom is -0.491 e. The first-order chi connectivity index (χ1) is 21.1. The quantitative estimate of drug-likeness (QED) is 0.405. The van der Waals surface area contributed by atoms with Crippen molar-refractivity contribution in [2.45, 2.75) is 13.1 Å². The molecule has 0 aliphatic carbocycles. The minimum atomic E-state index is -0.249. The molecule has 3 aromatic carbocycles. The molecule has 11 heteroatoms. The summed E-state index contributed by atoms with van der Waals surface area (Å²) in [7, 11) is 0. The van der Waals surface area contributed by atoms with Crippen molar-refractivity contribution in [3.63, 3.8) is 0 Å². The van der Waals surface area contributed by atoms with Crippen LogP contribution < -0.4 is 29.6 Å². The average molecular weight is 595 g/mol. The number of nitrogens with one attached hydrogen (secondary N) is 2. The highest BCUT2D eigenvalue weighted by Gasteiger charge is 2.07. The van der Waals surface area contributed by atoms with Gasteiger partial charge in [-0.15, -0.1) is 0 Å². The van der Waals surface area contributed by atoms with E-state index in [1.165, 1.54) is 0 Å². The maximum atomic E-state index is 12.3. The first-order valence-electron chi connectivity index (χ1n) is 14.2. The van der Waals surface area contributed by atoms with E-state index in [1.807, 2.05) is 24.3 Å². The highest BCUT2D eigenvalue weighted by molar-refractivity contribution is 5.78. The zero-order valence-electron chi connectivity index (χ0n) is 24.1. The third-order valence-electron chi connectivity index (χ3n) is 6.09. The van der Waals surface area contributed by atoms with Crippen LogP contribution in [-0.2, 0) is 36.9 Å². The van der Waals surface area contributed by atoms with Crippen LogP contribution in [0.1, 0.15) is 11.1 Å². The molecule has 0 spiro atoms. The molecule has 0 aromatic heterocycles. The van der Waals surface area contributed by atoms with Gasteiger partial charge in [-0.2, -0.15) is 0 Å². The van der Waals surface area contributed by atoms with Crippen molar-refractivity contribution in [2.24, 2.45) is 0 Å². The Balaban J connectivity index is 1.26. The lowest BCUT2D eigenvalue weighted by atomic mass is 10.1. The van der Waals surface area contributed by atoms with Crippen molar-refractivity contribution in [1.82, 2.24) is 10.6 Å². The molecule has 0 saturated carbocycles. The van der Waals surface area contributed by atoms with Gasteiger partial charge in [-0.05, 0) is 59.7 Å². The number of carbonyl (C=O) groups is 2. The summed E-state index contributed by atoms with van der Waals surface area (Å²) in [5.74, 6) is 1.97. The van der Waals surface area contributed by atoms with E-state index in [0.717, 1.165) is 11.1 Å². The SMILES string of the molecule is O=C1COc2ccc(cc2)OCCOCCOCCOCCOc2ccc(cc2)OCC(=O)NCc2cccc(c2)CN1. The third-order valence-corrected chi connectivity index (χ3v) is 6.09. The largest absolute Gasteiger partial charge is 0.491 e. The summed E-state index contributed by atoms with van der Waals surface area (Å²) in [6.45, 7) is 3.92. The van der Waals surface area contributed by atoms with Crippen molar-refractivity contribution < 1.29 is 42.7 Å². The van der Waals surface area contributed by atoms with Crippen LogP contribution in [0.5, 0.6) is 23.0 Å². The first-order valence-corrected chi connectivity index (χ1v) is 14.2. The van der Waals surface area contributed by atoms with E-state index in [4.69, 9.17) is 33.2 Å². The third kappa shape index (κ3) is 12.6. The van der Waals surface area contributed by atoms with Gasteiger partial charge in [0.1, 0.15) is 36.2 Å². The monoisotopic (exact) mass is 594 g/mol. The summed E-state index contributed by atoms with van der Waals surface area (Å²) >= 11 is 0. The Labute approximate surface area is 251 Å². The molecule has 43 heavy (non-hydrogen) atoms. The van der Waals surface area contributed by atoms with Gasteiger partial charge in [-0.25, -0.2) is 0 Å². The molecular weight excluding hydrogens is 556 g/mol. The van der Waals surface area contributed by atoms with Crippen LogP contribution in [0.25, 0.3) is 0 Å². The number of hydrogen-bond acceptors (Lipinski definition) is 9. The summed E-state index contributed by atoms with van der Waals surface area (Å²) in [6.07, 6.45) is 0. The highest BCUT2D eigenvalue weighted by Crippen LogP contribution is 2.18. The molecule has 0 unspecified atom stereocenters. The number of amides is 2. The predicted molar refractivity (Wildman–Crippen MR) is 157 cm³/mol. The standard InChI is InChI=1S/C32H38N2O9/c35-31-23-42-29-8-4-27(5-9-29)40-18-16-38-14-12-37-13-15-39-17-19-41-28-6-10-30(11-7-28)43-24-32(36)34-22-26-3-1-2-25(20-26)21-33-31/h1-11,20H,12-19,21-24H2,(H,33,35)(H,34,36). The zero-order valence-corrected chi connectivity index (χ0v) is 24.1. The number of benzene rings is 3. The number of hydrogen-bond donors (Lipinski definition) is 2.